The molecule has 0 heterocycles. The zero-order chi connectivity index (χ0) is 22.2. The second-order valence-electron chi connectivity index (χ2n) is 7.52. The number of carbonyl (C=O) groups excluding carboxylic acids is 3. The first-order valence-electron chi connectivity index (χ1n) is 9.09. The molecule has 29 heavy (non-hydrogen) atoms. The quantitative estimate of drug-likeness (QED) is 0.630. The minimum atomic E-state index is -1.33. The number of ether oxygens (including phenoxy) is 2. The molecule has 2 amide bonds. The number of carboxylic acid groups (broad SMARTS) is 1. The molecule has 0 aliphatic carbocycles. The van der Waals surface area contributed by atoms with Crippen molar-refractivity contribution in [3.8, 4) is 0 Å². The Labute approximate surface area is 170 Å². The van der Waals surface area contributed by atoms with Crippen LogP contribution in [0.4, 0.5) is 4.79 Å². The van der Waals surface area contributed by atoms with Gasteiger partial charge in [-0.3, -0.25) is 4.79 Å². The highest BCUT2D eigenvalue weighted by Crippen LogP contribution is 2.12. The van der Waals surface area contributed by atoms with E-state index in [4.69, 9.17) is 14.6 Å². The number of amides is 2. The third kappa shape index (κ3) is 8.63. The fourth-order valence-electron chi connectivity index (χ4n) is 2.17. The number of carboxylic acids is 1. The van der Waals surface area contributed by atoms with Crippen LogP contribution in [0.1, 0.15) is 39.7 Å². The van der Waals surface area contributed by atoms with Gasteiger partial charge >= 0.3 is 18.0 Å². The smallest absolute Gasteiger partial charge is 0.408 e. The monoisotopic (exact) mass is 408 g/mol. The molecule has 0 aromatic heterocycles. The summed E-state index contributed by atoms with van der Waals surface area (Å²) in [4.78, 5) is 49.0. The van der Waals surface area contributed by atoms with Crippen molar-refractivity contribution in [2.45, 2.75) is 58.4 Å². The molecule has 9 nitrogen and oxygen atoms in total. The molecule has 0 radical (unpaired) electrons. The minimum absolute atomic E-state index is 0.0163. The van der Waals surface area contributed by atoms with Crippen molar-refractivity contribution in [2.75, 3.05) is 7.05 Å². The molecule has 2 unspecified atom stereocenters. The molecule has 0 saturated heterocycles. The summed E-state index contributed by atoms with van der Waals surface area (Å²) in [6.45, 7) is 6.27. The standard InChI is InChI=1S/C20H28N2O7/c1-13(17(24)25)22(5)16(23)11-15(18(26)29-20(2,3)4)21-19(27)28-12-14-9-7-6-8-10-14/h6-10,13,15H,11-12H2,1-5H3,(H,21,27)(H,24,25). The summed E-state index contributed by atoms with van der Waals surface area (Å²) in [6.07, 6.45) is -1.37. The molecule has 0 spiro atoms. The van der Waals surface area contributed by atoms with E-state index in [0.29, 0.717) is 0 Å². The van der Waals surface area contributed by atoms with Crippen molar-refractivity contribution in [2.24, 2.45) is 0 Å². The number of nitrogens with zero attached hydrogens (tertiary/aromatic N) is 1. The van der Waals surface area contributed by atoms with E-state index in [1.807, 2.05) is 6.07 Å². The number of hydrogen-bond donors (Lipinski definition) is 2. The Kier molecular flexibility index (Phi) is 8.62. The predicted molar refractivity (Wildman–Crippen MR) is 104 cm³/mol. The fourth-order valence-corrected chi connectivity index (χ4v) is 2.17. The molecule has 1 aromatic rings. The normalized spacial score (nSPS) is 13.0. The third-order valence-electron chi connectivity index (χ3n) is 3.91. The van der Waals surface area contributed by atoms with Crippen LogP contribution in [0.15, 0.2) is 30.3 Å². The van der Waals surface area contributed by atoms with E-state index >= 15 is 0 Å². The van der Waals surface area contributed by atoms with Crippen molar-refractivity contribution in [1.82, 2.24) is 10.2 Å². The van der Waals surface area contributed by atoms with E-state index in [2.05, 4.69) is 5.32 Å². The number of hydrogen-bond acceptors (Lipinski definition) is 6. The number of carbonyl (C=O) groups is 4. The lowest BCUT2D eigenvalue weighted by atomic mass is 10.1. The number of rotatable bonds is 8. The molecular weight excluding hydrogens is 380 g/mol. The van der Waals surface area contributed by atoms with Crippen LogP contribution >= 0.6 is 0 Å². The molecule has 0 aliphatic rings. The summed E-state index contributed by atoms with van der Waals surface area (Å²) in [5.74, 6) is -2.65. The van der Waals surface area contributed by atoms with Crippen LogP contribution in [0.5, 0.6) is 0 Å². The van der Waals surface area contributed by atoms with E-state index in [-0.39, 0.29) is 6.61 Å². The Hall–Kier alpha value is -3.10. The van der Waals surface area contributed by atoms with Crippen LogP contribution in [-0.4, -0.2) is 58.7 Å². The van der Waals surface area contributed by atoms with Gasteiger partial charge < -0.3 is 24.8 Å². The van der Waals surface area contributed by atoms with Gasteiger partial charge in [-0.05, 0) is 33.3 Å². The largest absolute Gasteiger partial charge is 0.480 e. The summed E-state index contributed by atoms with van der Waals surface area (Å²) < 4.78 is 10.3. The van der Waals surface area contributed by atoms with Gasteiger partial charge in [-0.25, -0.2) is 14.4 Å². The first-order chi connectivity index (χ1) is 13.4. The van der Waals surface area contributed by atoms with Crippen LogP contribution in [0.3, 0.4) is 0 Å². The zero-order valence-corrected chi connectivity index (χ0v) is 17.3. The molecule has 0 aliphatic heterocycles. The van der Waals surface area contributed by atoms with Gasteiger partial charge in [0.15, 0.2) is 0 Å². The van der Waals surface area contributed by atoms with Crippen molar-refractivity contribution in [3.05, 3.63) is 35.9 Å². The van der Waals surface area contributed by atoms with Crippen molar-refractivity contribution < 1.29 is 33.8 Å². The van der Waals surface area contributed by atoms with Crippen LogP contribution in [0.25, 0.3) is 0 Å². The SMILES string of the molecule is CC(C(=O)O)N(C)C(=O)CC(NC(=O)OCc1ccccc1)C(=O)OC(C)(C)C. The van der Waals surface area contributed by atoms with Crippen molar-refractivity contribution >= 4 is 23.9 Å². The predicted octanol–water partition coefficient (Wildman–Crippen LogP) is 1.94. The molecule has 9 heteroatoms. The molecule has 0 bridgehead atoms. The van der Waals surface area contributed by atoms with Crippen molar-refractivity contribution in [3.63, 3.8) is 0 Å². The summed E-state index contributed by atoms with van der Waals surface area (Å²) in [6, 6.07) is 6.52. The number of aliphatic carboxylic acids is 1. The number of esters is 1. The molecule has 2 atom stereocenters. The van der Waals surface area contributed by atoms with Gasteiger partial charge in [0.05, 0.1) is 6.42 Å². The van der Waals surface area contributed by atoms with Gasteiger partial charge in [-0.2, -0.15) is 0 Å². The van der Waals surface area contributed by atoms with Crippen LogP contribution < -0.4 is 5.32 Å². The Morgan fingerprint density at radius 1 is 1.14 bits per heavy atom. The Morgan fingerprint density at radius 2 is 1.72 bits per heavy atom. The Morgan fingerprint density at radius 3 is 2.24 bits per heavy atom. The highest BCUT2D eigenvalue weighted by molar-refractivity contribution is 5.90. The lowest BCUT2D eigenvalue weighted by molar-refractivity contribution is -0.159. The average Bonchev–Trinajstić information content (AvgIpc) is 2.63. The number of nitrogens with one attached hydrogen (secondary N) is 1. The molecule has 2 N–H and O–H groups in total. The second-order valence-corrected chi connectivity index (χ2v) is 7.52. The number of likely N-dealkylation sites (N-methyl/N-ethyl adjacent to an activating group) is 1. The van der Waals surface area contributed by atoms with E-state index in [9.17, 15) is 19.2 Å². The summed E-state index contributed by atoms with van der Waals surface area (Å²) in [5, 5.41) is 11.4. The van der Waals surface area contributed by atoms with Gasteiger partial charge in [0.2, 0.25) is 5.91 Å². The van der Waals surface area contributed by atoms with E-state index in [1.165, 1.54) is 14.0 Å². The molecule has 1 aromatic carbocycles. The van der Waals surface area contributed by atoms with Gasteiger partial charge in [-0.15, -0.1) is 0 Å². The van der Waals surface area contributed by atoms with E-state index < -0.39 is 48.0 Å². The lowest BCUT2D eigenvalue weighted by Crippen LogP contribution is -2.49. The summed E-state index contributed by atoms with van der Waals surface area (Å²) >= 11 is 0. The zero-order valence-electron chi connectivity index (χ0n) is 17.3. The molecule has 0 saturated carbocycles. The Bertz CT molecular complexity index is 728. The number of alkyl carbamates (subject to hydrolysis) is 1. The molecular formula is C20H28N2O7. The first kappa shape index (κ1) is 23.9. The minimum Gasteiger partial charge on any atom is -0.480 e. The van der Waals surface area contributed by atoms with Gasteiger partial charge in [0.1, 0.15) is 24.3 Å². The second kappa shape index (κ2) is 10.4. The van der Waals surface area contributed by atoms with E-state index in [1.54, 1.807) is 45.0 Å². The van der Waals surface area contributed by atoms with Crippen LogP contribution in [0.2, 0.25) is 0 Å². The maximum Gasteiger partial charge on any atom is 0.408 e. The molecule has 160 valence electrons. The van der Waals surface area contributed by atoms with Gasteiger partial charge in [-0.1, -0.05) is 30.3 Å². The van der Waals surface area contributed by atoms with Gasteiger partial charge in [0.25, 0.3) is 0 Å². The van der Waals surface area contributed by atoms with Crippen LogP contribution in [-0.2, 0) is 30.5 Å². The Balaban J connectivity index is 2.81. The highest BCUT2D eigenvalue weighted by atomic mass is 16.6. The average molecular weight is 408 g/mol. The van der Waals surface area contributed by atoms with Crippen molar-refractivity contribution in [1.29, 1.82) is 0 Å². The summed E-state index contributed by atoms with van der Waals surface area (Å²) in [7, 11) is 1.31. The maximum absolute atomic E-state index is 12.5. The van der Waals surface area contributed by atoms with Gasteiger partial charge in [0, 0.05) is 7.05 Å². The number of benzene rings is 1. The highest BCUT2D eigenvalue weighted by Gasteiger charge is 2.32. The maximum atomic E-state index is 12.5. The molecule has 0 fully saturated rings. The lowest BCUT2D eigenvalue weighted by Gasteiger charge is -2.26. The topological polar surface area (TPSA) is 122 Å². The van der Waals surface area contributed by atoms with Crippen LogP contribution in [0, 0.1) is 0 Å². The molecule has 1 rings (SSSR count). The summed E-state index contributed by atoms with van der Waals surface area (Å²) in [5.41, 5.74) is -0.0867. The van der Waals surface area contributed by atoms with E-state index in [0.717, 1.165) is 10.5 Å². The third-order valence-corrected chi connectivity index (χ3v) is 3.91. The first-order valence-corrected chi connectivity index (χ1v) is 9.09. The fraction of sp³-hybridized carbons (Fsp3) is 0.500.